The first-order valence-corrected chi connectivity index (χ1v) is 6.65. The minimum atomic E-state index is -0.907. The molecule has 1 unspecified atom stereocenters. The van der Waals surface area contributed by atoms with Crippen molar-refractivity contribution < 1.29 is 14.3 Å². The molecule has 1 N–H and O–H groups in total. The van der Waals surface area contributed by atoms with E-state index in [-0.39, 0.29) is 5.82 Å². The fraction of sp³-hybridized carbons (Fsp3) is 0.312. The lowest BCUT2D eigenvalue weighted by Crippen LogP contribution is -2.13. The first-order chi connectivity index (χ1) is 9.81. The molecule has 0 aliphatic carbocycles. The van der Waals surface area contributed by atoms with Crippen LogP contribution in [0.3, 0.4) is 0 Å². The molecule has 0 radical (unpaired) electrons. The van der Waals surface area contributed by atoms with Crippen LogP contribution in [-0.2, 0) is 4.79 Å². The summed E-state index contributed by atoms with van der Waals surface area (Å²) >= 11 is 0. The smallest absolute Gasteiger partial charge is 0.310 e. The van der Waals surface area contributed by atoms with Crippen LogP contribution in [0.5, 0.6) is 0 Å². The number of aromatic nitrogens is 2. The molecule has 0 spiro atoms. The maximum atomic E-state index is 13.2. The molecule has 0 amide bonds. The van der Waals surface area contributed by atoms with Gasteiger partial charge in [0.05, 0.1) is 5.92 Å². The third-order valence-corrected chi connectivity index (χ3v) is 3.56. The van der Waals surface area contributed by atoms with Crippen molar-refractivity contribution in [1.82, 2.24) is 9.97 Å². The maximum Gasteiger partial charge on any atom is 0.310 e. The van der Waals surface area contributed by atoms with Crippen molar-refractivity contribution in [1.29, 1.82) is 0 Å². The first kappa shape index (κ1) is 15.1. The molecule has 4 nitrogen and oxygen atoms in total. The molecule has 1 aromatic heterocycles. The SMILES string of the molecule is Cc1cc(F)ccc1-c1nc(C)c(C(C)C(=O)O)c(C)n1. The summed E-state index contributed by atoms with van der Waals surface area (Å²) in [6.07, 6.45) is 0. The average molecular weight is 288 g/mol. The topological polar surface area (TPSA) is 63.1 Å². The summed E-state index contributed by atoms with van der Waals surface area (Å²) in [7, 11) is 0. The minimum absolute atomic E-state index is 0.305. The second-order valence-corrected chi connectivity index (χ2v) is 5.15. The van der Waals surface area contributed by atoms with E-state index in [4.69, 9.17) is 5.11 Å². The highest BCUT2D eigenvalue weighted by Crippen LogP contribution is 2.26. The van der Waals surface area contributed by atoms with Crippen molar-refractivity contribution in [3.8, 4) is 11.4 Å². The van der Waals surface area contributed by atoms with Crippen LogP contribution in [0.2, 0.25) is 0 Å². The predicted octanol–water partition coefficient (Wildman–Crippen LogP) is 3.40. The van der Waals surface area contributed by atoms with Gasteiger partial charge in [0.25, 0.3) is 0 Å². The predicted molar refractivity (Wildman–Crippen MR) is 77.7 cm³/mol. The lowest BCUT2D eigenvalue weighted by Gasteiger charge is -2.15. The molecular weight excluding hydrogens is 271 g/mol. The van der Waals surface area contributed by atoms with Crippen molar-refractivity contribution in [3.05, 3.63) is 46.5 Å². The van der Waals surface area contributed by atoms with Crippen LogP contribution < -0.4 is 0 Å². The number of nitrogens with zero attached hydrogens (tertiary/aromatic N) is 2. The number of benzene rings is 1. The van der Waals surface area contributed by atoms with Gasteiger partial charge in [-0.3, -0.25) is 4.79 Å². The molecule has 1 aromatic carbocycles. The second kappa shape index (κ2) is 5.60. The molecule has 21 heavy (non-hydrogen) atoms. The summed E-state index contributed by atoms with van der Waals surface area (Å²) in [6, 6.07) is 4.43. The molecule has 0 saturated carbocycles. The Balaban J connectivity index is 2.56. The zero-order valence-corrected chi connectivity index (χ0v) is 12.4. The van der Waals surface area contributed by atoms with E-state index in [2.05, 4.69) is 9.97 Å². The Labute approximate surface area is 122 Å². The van der Waals surface area contributed by atoms with Crippen molar-refractivity contribution in [2.45, 2.75) is 33.6 Å². The van der Waals surface area contributed by atoms with Gasteiger partial charge in [-0.15, -0.1) is 0 Å². The highest BCUT2D eigenvalue weighted by atomic mass is 19.1. The zero-order chi connectivity index (χ0) is 15.7. The van der Waals surface area contributed by atoms with Gasteiger partial charge in [-0.05, 0) is 51.5 Å². The van der Waals surface area contributed by atoms with Gasteiger partial charge < -0.3 is 5.11 Å². The van der Waals surface area contributed by atoms with E-state index in [0.29, 0.717) is 22.8 Å². The monoisotopic (exact) mass is 288 g/mol. The first-order valence-electron chi connectivity index (χ1n) is 6.65. The van der Waals surface area contributed by atoms with Crippen LogP contribution in [0.4, 0.5) is 4.39 Å². The summed E-state index contributed by atoms with van der Waals surface area (Å²) < 4.78 is 13.2. The Morgan fingerprint density at radius 1 is 1.19 bits per heavy atom. The highest BCUT2D eigenvalue weighted by Gasteiger charge is 2.21. The van der Waals surface area contributed by atoms with Gasteiger partial charge in [0.1, 0.15) is 5.82 Å². The molecule has 5 heteroatoms. The quantitative estimate of drug-likeness (QED) is 0.940. The van der Waals surface area contributed by atoms with Gasteiger partial charge in [-0.1, -0.05) is 0 Å². The molecule has 1 heterocycles. The molecule has 0 bridgehead atoms. The van der Waals surface area contributed by atoms with Crippen molar-refractivity contribution >= 4 is 5.97 Å². The standard InChI is InChI=1S/C16H17FN2O2/c1-8-7-12(17)5-6-13(8)15-18-10(3)14(11(4)19-15)9(2)16(20)21/h5-7,9H,1-4H3,(H,20,21). The third-order valence-electron chi connectivity index (χ3n) is 3.56. The van der Waals surface area contributed by atoms with Crippen LogP contribution in [0.1, 0.15) is 35.4 Å². The lowest BCUT2D eigenvalue weighted by molar-refractivity contribution is -0.138. The Bertz CT molecular complexity index is 690. The van der Waals surface area contributed by atoms with Crippen LogP contribution in [0, 0.1) is 26.6 Å². The molecule has 0 fully saturated rings. The Kier molecular flexibility index (Phi) is 4.02. The van der Waals surface area contributed by atoms with Crippen LogP contribution in [-0.4, -0.2) is 21.0 Å². The van der Waals surface area contributed by atoms with E-state index >= 15 is 0 Å². The molecular formula is C16H17FN2O2. The molecule has 2 rings (SSSR count). The number of hydrogen-bond acceptors (Lipinski definition) is 3. The van der Waals surface area contributed by atoms with E-state index in [1.54, 1.807) is 33.8 Å². The van der Waals surface area contributed by atoms with E-state index in [1.165, 1.54) is 12.1 Å². The fourth-order valence-corrected chi connectivity index (χ4v) is 2.47. The molecule has 2 aromatic rings. The van der Waals surface area contributed by atoms with Gasteiger partial charge >= 0.3 is 5.97 Å². The number of carboxylic acids is 1. The Morgan fingerprint density at radius 3 is 2.24 bits per heavy atom. The molecule has 1 atom stereocenters. The van der Waals surface area contributed by atoms with Crippen molar-refractivity contribution in [3.63, 3.8) is 0 Å². The van der Waals surface area contributed by atoms with E-state index < -0.39 is 11.9 Å². The van der Waals surface area contributed by atoms with Crippen molar-refractivity contribution in [2.75, 3.05) is 0 Å². The van der Waals surface area contributed by atoms with Gasteiger partial charge in [0.15, 0.2) is 5.82 Å². The number of aryl methyl sites for hydroxylation is 3. The highest BCUT2D eigenvalue weighted by molar-refractivity contribution is 5.76. The summed E-state index contributed by atoms with van der Waals surface area (Å²) in [5.41, 5.74) is 3.39. The van der Waals surface area contributed by atoms with Gasteiger partial charge in [0.2, 0.25) is 0 Å². The third kappa shape index (κ3) is 2.91. The van der Waals surface area contributed by atoms with Crippen LogP contribution in [0.15, 0.2) is 18.2 Å². The second-order valence-electron chi connectivity index (χ2n) is 5.15. The minimum Gasteiger partial charge on any atom is -0.481 e. The molecule has 0 aliphatic heterocycles. The van der Waals surface area contributed by atoms with Gasteiger partial charge in [-0.25, -0.2) is 14.4 Å². The van der Waals surface area contributed by atoms with E-state index in [9.17, 15) is 9.18 Å². The summed E-state index contributed by atoms with van der Waals surface area (Å²) in [5.74, 6) is -1.38. The normalized spacial score (nSPS) is 12.2. The van der Waals surface area contributed by atoms with Gasteiger partial charge in [0, 0.05) is 22.5 Å². The number of aliphatic carboxylic acids is 1. The summed E-state index contributed by atoms with van der Waals surface area (Å²) in [5, 5.41) is 9.15. The van der Waals surface area contributed by atoms with Crippen LogP contribution >= 0.6 is 0 Å². The molecule has 110 valence electrons. The van der Waals surface area contributed by atoms with E-state index in [0.717, 1.165) is 11.1 Å². The fourth-order valence-electron chi connectivity index (χ4n) is 2.47. The van der Waals surface area contributed by atoms with Crippen molar-refractivity contribution in [2.24, 2.45) is 0 Å². The van der Waals surface area contributed by atoms with Gasteiger partial charge in [-0.2, -0.15) is 0 Å². The van der Waals surface area contributed by atoms with Crippen LogP contribution in [0.25, 0.3) is 11.4 Å². The number of hydrogen-bond donors (Lipinski definition) is 1. The number of carboxylic acid groups (broad SMARTS) is 1. The largest absolute Gasteiger partial charge is 0.481 e. The Morgan fingerprint density at radius 2 is 1.76 bits per heavy atom. The maximum absolute atomic E-state index is 13.2. The zero-order valence-electron chi connectivity index (χ0n) is 12.4. The number of halogens is 1. The summed E-state index contributed by atoms with van der Waals surface area (Å²) in [4.78, 5) is 20.0. The average Bonchev–Trinajstić information content (AvgIpc) is 2.37. The Hall–Kier alpha value is -2.30. The number of carbonyl (C=O) groups is 1. The summed E-state index contributed by atoms with van der Waals surface area (Å²) in [6.45, 7) is 6.95. The molecule has 0 saturated heterocycles. The lowest BCUT2D eigenvalue weighted by atomic mass is 9.97. The van der Waals surface area contributed by atoms with E-state index in [1.807, 2.05) is 0 Å². The molecule has 0 aliphatic rings. The number of rotatable bonds is 3.